The Balaban J connectivity index is 2.08. The molecule has 0 aliphatic carbocycles. The molecular weight excluding hydrogens is 318 g/mol. The topological polar surface area (TPSA) is 30.3 Å². The predicted octanol–water partition coefficient (Wildman–Crippen LogP) is 2.46. The van der Waals surface area contributed by atoms with Gasteiger partial charge in [-0.2, -0.15) is 5.10 Å². The normalized spacial score (nSPS) is 21.4. The van der Waals surface area contributed by atoms with Gasteiger partial charge in [-0.25, -0.2) is 0 Å². The van der Waals surface area contributed by atoms with Crippen LogP contribution in [0.2, 0.25) is 5.02 Å². The average Bonchev–Trinajstić information content (AvgIpc) is 2.67. The summed E-state index contributed by atoms with van der Waals surface area (Å²) in [6.45, 7) is 8.43. The number of nitrogens with zero attached hydrogens (tertiary/aromatic N) is 3. The van der Waals surface area contributed by atoms with E-state index in [1.165, 1.54) is 0 Å². The number of rotatable bonds is 4. The Morgan fingerprint density at radius 2 is 2.33 bits per heavy atom. The van der Waals surface area contributed by atoms with Crippen molar-refractivity contribution in [2.75, 3.05) is 25.0 Å². The van der Waals surface area contributed by atoms with E-state index in [4.69, 9.17) is 16.3 Å². The predicted molar refractivity (Wildman–Crippen MR) is 76.5 cm³/mol. The highest BCUT2D eigenvalue weighted by Crippen LogP contribution is 2.22. The molecule has 0 amide bonds. The summed E-state index contributed by atoms with van der Waals surface area (Å²) in [5, 5.41) is 6.13. The summed E-state index contributed by atoms with van der Waals surface area (Å²) in [5.74, 6) is 0. The summed E-state index contributed by atoms with van der Waals surface area (Å²) in [6, 6.07) is 0. The standard InChI is InChI=1S/C12H19BrClN3O/c1-3-17-11(12(14)9(2)15-17)8-16-4-5-18-10(6-13)7-16/h10H,3-8H2,1-2H3. The van der Waals surface area contributed by atoms with Crippen LogP contribution in [0.25, 0.3) is 0 Å². The van der Waals surface area contributed by atoms with Gasteiger partial charge in [-0.3, -0.25) is 9.58 Å². The van der Waals surface area contributed by atoms with Crippen molar-refractivity contribution < 1.29 is 4.74 Å². The third-order valence-electron chi connectivity index (χ3n) is 3.22. The molecule has 0 N–H and O–H groups in total. The molecule has 0 spiro atoms. The zero-order valence-corrected chi connectivity index (χ0v) is 13.2. The molecule has 1 unspecified atom stereocenters. The fourth-order valence-electron chi connectivity index (χ4n) is 2.25. The second-order valence-electron chi connectivity index (χ2n) is 4.54. The summed E-state index contributed by atoms with van der Waals surface area (Å²) in [5.41, 5.74) is 2.03. The molecule has 1 fully saturated rings. The number of morpholine rings is 1. The van der Waals surface area contributed by atoms with Crippen LogP contribution in [-0.2, 0) is 17.8 Å². The van der Waals surface area contributed by atoms with Crippen LogP contribution >= 0.6 is 27.5 Å². The van der Waals surface area contributed by atoms with E-state index in [9.17, 15) is 0 Å². The maximum Gasteiger partial charge on any atom is 0.0860 e. The lowest BCUT2D eigenvalue weighted by Crippen LogP contribution is -2.43. The summed E-state index contributed by atoms with van der Waals surface area (Å²) in [4.78, 5) is 2.38. The second kappa shape index (κ2) is 6.37. The Hall–Kier alpha value is -0.100. The van der Waals surface area contributed by atoms with Crippen LogP contribution in [0.3, 0.4) is 0 Å². The molecule has 18 heavy (non-hydrogen) atoms. The highest BCUT2D eigenvalue weighted by atomic mass is 79.9. The van der Waals surface area contributed by atoms with Crippen molar-refractivity contribution in [1.29, 1.82) is 0 Å². The summed E-state index contributed by atoms with van der Waals surface area (Å²) >= 11 is 9.81. The first-order valence-electron chi connectivity index (χ1n) is 6.27. The molecule has 0 radical (unpaired) electrons. The molecule has 102 valence electrons. The van der Waals surface area contributed by atoms with E-state index in [1.54, 1.807) is 0 Å². The van der Waals surface area contributed by atoms with E-state index in [0.29, 0.717) is 0 Å². The van der Waals surface area contributed by atoms with Gasteiger partial charge in [0, 0.05) is 31.5 Å². The zero-order chi connectivity index (χ0) is 13.1. The quantitative estimate of drug-likeness (QED) is 0.791. The maximum absolute atomic E-state index is 6.33. The lowest BCUT2D eigenvalue weighted by molar-refractivity contribution is -0.0189. The summed E-state index contributed by atoms with van der Waals surface area (Å²) < 4.78 is 7.64. The summed E-state index contributed by atoms with van der Waals surface area (Å²) in [7, 11) is 0. The third-order valence-corrected chi connectivity index (χ3v) is 4.44. The first-order valence-corrected chi connectivity index (χ1v) is 7.77. The average molecular weight is 337 g/mol. The first kappa shape index (κ1) is 14.3. The molecule has 0 aromatic carbocycles. The van der Waals surface area contributed by atoms with Crippen LogP contribution in [-0.4, -0.2) is 45.8 Å². The largest absolute Gasteiger partial charge is 0.375 e. The fourth-order valence-corrected chi connectivity index (χ4v) is 2.84. The van der Waals surface area contributed by atoms with Crippen molar-refractivity contribution in [3.63, 3.8) is 0 Å². The van der Waals surface area contributed by atoms with Crippen molar-refractivity contribution in [2.45, 2.75) is 33.0 Å². The van der Waals surface area contributed by atoms with E-state index < -0.39 is 0 Å². The number of alkyl halides is 1. The molecule has 1 aliphatic heterocycles. The van der Waals surface area contributed by atoms with Gasteiger partial charge >= 0.3 is 0 Å². The van der Waals surface area contributed by atoms with Crippen molar-refractivity contribution in [2.24, 2.45) is 0 Å². The monoisotopic (exact) mass is 335 g/mol. The number of aromatic nitrogens is 2. The van der Waals surface area contributed by atoms with Gasteiger partial charge in [0.25, 0.3) is 0 Å². The van der Waals surface area contributed by atoms with Crippen LogP contribution in [0.5, 0.6) is 0 Å². The molecule has 6 heteroatoms. The SMILES string of the molecule is CCn1nc(C)c(Cl)c1CN1CCOC(CBr)C1. The Morgan fingerprint density at radius 3 is 3.00 bits per heavy atom. The second-order valence-corrected chi connectivity index (χ2v) is 5.57. The van der Waals surface area contributed by atoms with Crippen LogP contribution in [0.4, 0.5) is 0 Å². The van der Waals surface area contributed by atoms with Gasteiger partial charge < -0.3 is 4.74 Å². The van der Waals surface area contributed by atoms with Gasteiger partial charge in [0.05, 0.1) is 29.1 Å². The molecule has 0 bridgehead atoms. The van der Waals surface area contributed by atoms with Crippen molar-refractivity contribution >= 4 is 27.5 Å². The molecular formula is C12H19BrClN3O. The molecule has 1 aliphatic rings. The number of aryl methyl sites for hydroxylation is 2. The summed E-state index contributed by atoms with van der Waals surface area (Å²) in [6.07, 6.45) is 0.275. The van der Waals surface area contributed by atoms with E-state index in [2.05, 4.69) is 32.9 Å². The van der Waals surface area contributed by atoms with Crippen molar-refractivity contribution in [3.8, 4) is 0 Å². The number of hydrogen-bond acceptors (Lipinski definition) is 3. The minimum Gasteiger partial charge on any atom is -0.375 e. The molecule has 1 atom stereocenters. The van der Waals surface area contributed by atoms with Crippen LogP contribution in [0.1, 0.15) is 18.3 Å². The van der Waals surface area contributed by atoms with Crippen LogP contribution in [0, 0.1) is 6.92 Å². The van der Waals surface area contributed by atoms with Gasteiger partial charge in [0.1, 0.15) is 0 Å². The van der Waals surface area contributed by atoms with Gasteiger partial charge in [0.2, 0.25) is 0 Å². The first-order chi connectivity index (χ1) is 8.65. The zero-order valence-electron chi connectivity index (χ0n) is 10.8. The molecule has 0 saturated carbocycles. The fraction of sp³-hybridized carbons (Fsp3) is 0.750. The molecule has 2 rings (SSSR count). The minimum absolute atomic E-state index is 0.275. The minimum atomic E-state index is 0.275. The highest BCUT2D eigenvalue weighted by molar-refractivity contribution is 9.09. The Morgan fingerprint density at radius 1 is 1.56 bits per heavy atom. The molecule has 4 nitrogen and oxygen atoms in total. The maximum atomic E-state index is 6.33. The van der Waals surface area contributed by atoms with Crippen LogP contribution in [0.15, 0.2) is 0 Å². The smallest absolute Gasteiger partial charge is 0.0860 e. The Bertz CT molecular complexity index is 410. The molecule has 1 aromatic heterocycles. The van der Waals surface area contributed by atoms with Gasteiger partial charge in [-0.1, -0.05) is 27.5 Å². The lowest BCUT2D eigenvalue weighted by atomic mass is 10.2. The van der Waals surface area contributed by atoms with Crippen molar-refractivity contribution in [3.05, 3.63) is 16.4 Å². The molecule has 1 saturated heterocycles. The van der Waals surface area contributed by atoms with Gasteiger partial charge in [0.15, 0.2) is 0 Å². The highest BCUT2D eigenvalue weighted by Gasteiger charge is 2.22. The number of hydrogen-bond donors (Lipinski definition) is 0. The van der Waals surface area contributed by atoms with Crippen LogP contribution < -0.4 is 0 Å². The number of halogens is 2. The Kier molecular flexibility index (Phi) is 5.06. The van der Waals surface area contributed by atoms with E-state index in [-0.39, 0.29) is 6.10 Å². The van der Waals surface area contributed by atoms with E-state index >= 15 is 0 Å². The Labute approximate surface area is 121 Å². The van der Waals surface area contributed by atoms with Gasteiger partial charge in [-0.15, -0.1) is 0 Å². The van der Waals surface area contributed by atoms with E-state index in [0.717, 1.165) is 54.5 Å². The third kappa shape index (κ3) is 3.07. The van der Waals surface area contributed by atoms with Gasteiger partial charge in [-0.05, 0) is 13.8 Å². The van der Waals surface area contributed by atoms with E-state index in [1.807, 2.05) is 11.6 Å². The molecule has 2 heterocycles. The molecule has 1 aromatic rings. The lowest BCUT2D eigenvalue weighted by Gasteiger charge is -2.32. The number of ether oxygens (including phenoxy) is 1. The van der Waals surface area contributed by atoms with Crippen molar-refractivity contribution in [1.82, 2.24) is 14.7 Å².